The molecule has 0 unspecified atom stereocenters. The third kappa shape index (κ3) is 3.81. The van der Waals surface area contributed by atoms with Crippen molar-refractivity contribution < 1.29 is 4.79 Å². The number of nitrogens with zero attached hydrogens (tertiary/aromatic N) is 3. The molecule has 2 heterocycles. The maximum Gasteiger partial charge on any atom is 0.283 e. The second-order valence-corrected chi connectivity index (χ2v) is 8.74. The van der Waals surface area contributed by atoms with E-state index in [2.05, 4.69) is 4.98 Å². The molecule has 5 rings (SSSR count). The first kappa shape index (κ1) is 21.0. The fraction of sp³-hybridized carbons (Fsp3) is 0.115. The summed E-state index contributed by atoms with van der Waals surface area (Å²) >= 11 is 1.27. The number of aryl methyl sites for hydroxylation is 1. The predicted molar refractivity (Wildman–Crippen MR) is 135 cm³/mol. The molecule has 0 fully saturated rings. The van der Waals surface area contributed by atoms with E-state index in [4.69, 9.17) is 4.98 Å². The SMILES string of the molecule is Cc1ccccc1-n1c(SCC(=O)N(C)c2ccccc2)nc2c([nH]c3ccccc32)c1=O. The highest BCUT2D eigenvalue weighted by Crippen LogP contribution is 2.27. The standard InChI is InChI=1S/C26H22N4O2S/c1-17-10-6-9-15-21(17)30-25(32)24-23(19-13-7-8-14-20(19)27-24)28-26(30)33-16-22(31)29(2)18-11-4-3-5-12-18/h3-15,27H,16H2,1-2H3. The number of carbonyl (C=O) groups excluding carboxylic acids is 1. The summed E-state index contributed by atoms with van der Waals surface area (Å²) in [5.74, 6) is 0.0770. The molecule has 0 aliphatic heterocycles. The first-order valence-electron chi connectivity index (χ1n) is 10.6. The van der Waals surface area contributed by atoms with Crippen LogP contribution in [0.2, 0.25) is 0 Å². The van der Waals surface area contributed by atoms with E-state index in [1.54, 1.807) is 16.5 Å². The van der Waals surface area contributed by atoms with Gasteiger partial charge in [-0.3, -0.25) is 14.2 Å². The van der Waals surface area contributed by atoms with Crippen LogP contribution in [0.15, 0.2) is 88.8 Å². The lowest BCUT2D eigenvalue weighted by Gasteiger charge is -2.18. The van der Waals surface area contributed by atoms with Crippen molar-refractivity contribution in [3.8, 4) is 5.69 Å². The van der Waals surface area contributed by atoms with Crippen LogP contribution >= 0.6 is 11.8 Å². The Morgan fingerprint density at radius 2 is 1.70 bits per heavy atom. The van der Waals surface area contributed by atoms with Crippen molar-refractivity contribution in [3.63, 3.8) is 0 Å². The van der Waals surface area contributed by atoms with Crippen LogP contribution in [0.4, 0.5) is 5.69 Å². The highest BCUT2D eigenvalue weighted by Gasteiger charge is 2.20. The molecular weight excluding hydrogens is 432 g/mol. The number of hydrogen-bond donors (Lipinski definition) is 1. The number of anilines is 1. The number of para-hydroxylation sites is 3. The maximum absolute atomic E-state index is 13.7. The lowest BCUT2D eigenvalue weighted by atomic mass is 10.2. The minimum Gasteiger partial charge on any atom is -0.349 e. The van der Waals surface area contributed by atoms with Crippen molar-refractivity contribution in [3.05, 3.63) is 94.8 Å². The van der Waals surface area contributed by atoms with Gasteiger partial charge in [0.2, 0.25) is 5.91 Å². The molecule has 164 valence electrons. The molecule has 3 aromatic carbocycles. The zero-order valence-electron chi connectivity index (χ0n) is 18.3. The lowest BCUT2D eigenvalue weighted by molar-refractivity contribution is -0.115. The Morgan fingerprint density at radius 3 is 2.48 bits per heavy atom. The molecular formula is C26H22N4O2S. The van der Waals surface area contributed by atoms with Crippen LogP contribution in [0.1, 0.15) is 5.56 Å². The van der Waals surface area contributed by atoms with Crippen molar-refractivity contribution in [1.29, 1.82) is 0 Å². The van der Waals surface area contributed by atoms with Crippen LogP contribution in [0.25, 0.3) is 27.6 Å². The zero-order chi connectivity index (χ0) is 22.9. The molecule has 0 atom stereocenters. The van der Waals surface area contributed by atoms with E-state index in [0.717, 1.165) is 27.8 Å². The van der Waals surface area contributed by atoms with Gasteiger partial charge in [0.15, 0.2) is 5.16 Å². The van der Waals surface area contributed by atoms with Gasteiger partial charge in [-0.2, -0.15) is 0 Å². The molecule has 0 radical (unpaired) electrons. The summed E-state index contributed by atoms with van der Waals surface area (Å²) in [6.07, 6.45) is 0. The Labute approximate surface area is 194 Å². The Balaban J connectivity index is 1.61. The Morgan fingerprint density at radius 1 is 1.00 bits per heavy atom. The summed E-state index contributed by atoms with van der Waals surface area (Å²) in [7, 11) is 1.75. The first-order valence-corrected chi connectivity index (χ1v) is 11.6. The van der Waals surface area contributed by atoms with Crippen LogP contribution in [0.3, 0.4) is 0 Å². The third-order valence-corrected chi connectivity index (χ3v) is 6.62. The number of nitrogens with one attached hydrogen (secondary N) is 1. The fourth-order valence-electron chi connectivity index (χ4n) is 3.88. The number of thioether (sulfide) groups is 1. The lowest BCUT2D eigenvalue weighted by Crippen LogP contribution is -2.28. The molecule has 5 aromatic rings. The predicted octanol–water partition coefficient (Wildman–Crippen LogP) is 4.93. The quantitative estimate of drug-likeness (QED) is 0.302. The van der Waals surface area contributed by atoms with Crippen LogP contribution in [-0.2, 0) is 4.79 Å². The average Bonchev–Trinajstić information content (AvgIpc) is 3.22. The zero-order valence-corrected chi connectivity index (χ0v) is 19.1. The number of fused-ring (bicyclic) bond motifs is 3. The number of benzene rings is 3. The topological polar surface area (TPSA) is 71.0 Å². The summed E-state index contributed by atoms with van der Waals surface area (Å²) in [4.78, 5) is 36.3. The molecule has 33 heavy (non-hydrogen) atoms. The number of amides is 1. The summed E-state index contributed by atoms with van der Waals surface area (Å²) in [6, 6.07) is 24.9. The summed E-state index contributed by atoms with van der Waals surface area (Å²) in [5, 5.41) is 1.37. The van der Waals surface area contributed by atoms with E-state index in [9.17, 15) is 9.59 Å². The highest BCUT2D eigenvalue weighted by atomic mass is 32.2. The van der Waals surface area contributed by atoms with Gasteiger partial charge in [-0.15, -0.1) is 0 Å². The molecule has 0 spiro atoms. The minimum atomic E-state index is -0.183. The fourth-order valence-corrected chi connectivity index (χ4v) is 4.80. The van der Waals surface area contributed by atoms with E-state index in [-0.39, 0.29) is 17.2 Å². The van der Waals surface area contributed by atoms with Gasteiger partial charge in [-0.25, -0.2) is 4.98 Å². The number of rotatable bonds is 5. The molecule has 0 bridgehead atoms. The molecule has 0 aliphatic rings. The number of aromatic amines is 1. The summed E-state index contributed by atoms with van der Waals surface area (Å²) in [6.45, 7) is 1.96. The molecule has 7 heteroatoms. The largest absolute Gasteiger partial charge is 0.349 e. The minimum absolute atomic E-state index is 0.0733. The van der Waals surface area contributed by atoms with Gasteiger partial charge in [0.25, 0.3) is 5.56 Å². The van der Waals surface area contributed by atoms with Crippen molar-refractivity contribution >= 4 is 45.3 Å². The molecule has 1 amide bonds. The first-order chi connectivity index (χ1) is 16.0. The monoisotopic (exact) mass is 454 g/mol. The molecule has 1 N–H and O–H groups in total. The Hall–Kier alpha value is -3.84. The number of H-pyrrole nitrogens is 1. The van der Waals surface area contributed by atoms with Crippen LogP contribution in [-0.4, -0.2) is 33.2 Å². The number of carbonyl (C=O) groups is 1. The molecule has 0 saturated carbocycles. The maximum atomic E-state index is 13.7. The average molecular weight is 455 g/mol. The van der Waals surface area contributed by atoms with Gasteiger partial charge in [-0.1, -0.05) is 66.4 Å². The van der Waals surface area contributed by atoms with Gasteiger partial charge < -0.3 is 9.88 Å². The van der Waals surface area contributed by atoms with Gasteiger partial charge in [0.1, 0.15) is 11.0 Å². The Bertz CT molecular complexity index is 1540. The van der Waals surface area contributed by atoms with Gasteiger partial charge >= 0.3 is 0 Å². The van der Waals surface area contributed by atoms with Gasteiger partial charge in [0, 0.05) is 23.6 Å². The van der Waals surface area contributed by atoms with Gasteiger partial charge in [-0.05, 0) is 36.8 Å². The third-order valence-electron chi connectivity index (χ3n) is 5.69. The summed E-state index contributed by atoms with van der Waals surface area (Å²) in [5.41, 5.74) is 4.27. The number of hydrogen-bond acceptors (Lipinski definition) is 4. The van der Waals surface area contributed by atoms with Crippen molar-refractivity contribution in [2.45, 2.75) is 12.1 Å². The summed E-state index contributed by atoms with van der Waals surface area (Å²) < 4.78 is 1.60. The van der Waals surface area contributed by atoms with E-state index < -0.39 is 0 Å². The van der Waals surface area contributed by atoms with Crippen LogP contribution < -0.4 is 10.5 Å². The van der Waals surface area contributed by atoms with Crippen LogP contribution in [0.5, 0.6) is 0 Å². The number of aromatic nitrogens is 3. The van der Waals surface area contributed by atoms with Crippen molar-refractivity contribution in [2.75, 3.05) is 17.7 Å². The van der Waals surface area contributed by atoms with Crippen LogP contribution in [0, 0.1) is 6.92 Å². The Kier molecular flexibility index (Phi) is 5.48. The van der Waals surface area contributed by atoms with Crippen molar-refractivity contribution in [1.82, 2.24) is 14.5 Å². The molecule has 0 aliphatic carbocycles. The van der Waals surface area contributed by atoms with Crippen molar-refractivity contribution in [2.24, 2.45) is 0 Å². The van der Waals surface area contributed by atoms with E-state index in [0.29, 0.717) is 16.2 Å². The smallest absolute Gasteiger partial charge is 0.283 e. The van der Waals surface area contributed by atoms with E-state index in [1.807, 2.05) is 85.8 Å². The highest BCUT2D eigenvalue weighted by molar-refractivity contribution is 7.99. The van der Waals surface area contributed by atoms with E-state index in [1.165, 1.54) is 11.8 Å². The molecule has 6 nitrogen and oxygen atoms in total. The molecule has 0 saturated heterocycles. The molecule has 2 aromatic heterocycles. The van der Waals surface area contributed by atoms with Gasteiger partial charge in [0.05, 0.1) is 11.4 Å². The second-order valence-electron chi connectivity index (χ2n) is 7.79. The normalized spacial score (nSPS) is 11.2. The van der Waals surface area contributed by atoms with E-state index >= 15 is 0 Å². The second kappa shape index (κ2) is 8.60.